The van der Waals surface area contributed by atoms with Crippen molar-refractivity contribution in [3.8, 4) is 0 Å². The molecule has 0 aliphatic heterocycles. The first kappa shape index (κ1) is 20.6. The van der Waals surface area contributed by atoms with Gasteiger partial charge in [-0.1, -0.05) is 55.4 Å². The molecule has 0 aliphatic carbocycles. The van der Waals surface area contributed by atoms with Gasteiger partial charge in [0.05, 0.1) is 12.1 Å². The summed E-state index contributed by atoms with van der Waals surface area (Å²) in [5, 5.41) is 4.80. The van der Waals surface area contributed by atoms with E-state index in [0.29, 0.717) is 11.3 Å². The van der Waals surface area contributed by atoms with Crippen molar-refractivity contribution in [1.29, 1.82) is 0 Å². The van der Waals surface area contributed by atoms with Crippen molar-refractivity contribution >= 4 is 34.7 Å². The van der Waals surface area contributed by atoms with Crippen LogP contribution in [0.4, 0.5) is 10.1 Å². The van der Waals surface area contributed by atoms with Crippen LogP contribution in [0.15, 0.2) is 58.3 Å². The number of unbranched alkanes of at least 4 members (excludes halogenated alkanes) is 1. The van der Waals surface area contributed by atoms with Gasteiger partial charge in [-0.3, -0.25) is 4.79 Å². The van der Waals surface area contributed by atoms with Gasteiger partial charge in [0.1, 0.15) is 10.2 Å². The molecule has 0 atom stereocenters. The summed E-state index contributed by atoms with van der Waals surface area (Å²) in [6, 6.07) is 14.8. The van der Waals surface area contributed by atoms with Gasteiger partial charge in [0.15, 0.2) is 0 Å². The van der Waals surface area contributed by atoms with Gasteiger partial charge in [-0.2, -0.15) is 0 Å². The molecule has 28 heavy (non-hydrogen) atoms. The number of anilines is 1. The SMILES string of the molecule is CCCCc1ccc(NC(=O)Cc2csc(SCc3ccccc3F)n2)cc1. The Balaban J connectivity index is 1.49. The van der Waals surface area contributed by atoms with Gasteiger partial charge in [0.25, 0.3) is 0 Å². The number of amides is 1. The number of hydrogen-bond donors (Lipinski definition) is 1. The highest BCUT2D eigenvalue weighted by Crippen LogP contribution is 2.27. The Morgan fingerprint density at radius 3 is 2.71 bits per heavy atom. The first-order chi connectivity index (χ1) is 13.6. The van der Waals surface area contributed by atoms with Crippen molar-refractivity contribution < 1.29 is 9.18 Å². The van der Waals surface area contributed by atoms with Gasteiger partial charge < -0.3 is 5.32 Å². The predicted octanol–water partition coefficient (Wildman–Crippen LogP) is 6.10. The highest BCUT2D eigenvalue weighted by molar-refractivity contribution is 8.00. The predicted molar refractivity (Wildman–Crippen MR) is 115 cm³/mol. The van der Waals surface area contributed by atoms with Gasteiger partial charge in [-0.15, -0.1) is 11.3 Å². The van der Waals surface area contributed by atoms with E-state index in [0.717, 1.165) is 22.1 Å². The number of thiazole rings is 1. The van der Waals surface area contributed by atoms with E-state index in [1.54, 1.807) is 12.1 Å². The minimum Gasteiger partial charge on any atom is -0.326 e. The lowest BCUT2D eigenvalue weighted by atomic mass is 10.1. The topological polar surface area (TPSA) is 42.0 Å². The fraction of sp³-hybridized carbons (Fsp3) is 0.273. The molecule has 0 unspecified atom stereocenters. The molecule has 0 radical (unpaired) electrons. The standard InChI is InChI=1S/C22H23FN2OS2/c1-2-3-6-16-9-11-18(12-10-16)24-21(26)13-19-15-28-22(25-19)27-14-17-7-4-5-8-20(17)23/h4-5,7-12,15H,2-3,6,13-14H2,1H3,(H,24,26). The lowest BCUT2D eigenvalue weighted by molar-refractivity contribution is -0.115. The fourth-order valence-electron chi connectivity index (χ4n) is 2.70. The number of thioether (sulfide) groups is 1. The van der Waals surface area contributed by atoms with Gasteiger partial charge in [0.2, 0.25) is 5.91 Å². The number of hydrogen-bond acceptors (Lipinski definition) is 4. The molecule has 0 saturated carbocycles. The molecule has 1 amide bonds. The third-order valence-corrected chi connectivity index (χ3v) is 6.36. The van der Waals surface area contributed by atoms with Crippen LogP contribution in [0, 0.1) is 5.82 Å². The number of nitrogens with zero attached hydrogens (tertiary/aromatic N) is 1. The van der Waals surface area contributed by atoms with Gasteiger partial charge in [-0.25, -0.2) is 9.37 Å². The van der Waals surface area contributed by atoms with E-state index in [-0.39, 0.29) is 18.1 Å². The van der Waals surface area contributed by atoms with Crippen LogP contribution in [0.2, 0.25) is 0 Å². The monoisotopic (exact) mass is 414 g/mol. The molecule has 3 nitrogen and oxygen atoms in total. The number of rotatable bonds is 9. The molecule has 3 aromatic rings. The molecular weight excluding hydrogens is 391 g/mol. The number of nitrogens with one attached hydrogen (secondary N) is 1. The van der Waals surface area contributed by atoms with E-state index in [9.17, 15) is 9.18 Å². The van der Waals surface area contributed by atoms with Crippen molar-refractivity contribution in [2.45, 2.75) is 42.7 Å². The Bertz CT molecular complexity index is 909. The van der Waals surface area contributed by atoms with E-state index in [4.69, 9.17) is 0 Å². The molecule has 0 bridgehead atoms. The van der Waals surface area contributed by atoms with E-state index >= 15 is 0 Å². The lowest BCUT2D eigenvalue weighted by Gasteiger charge is -2.06. The van der Waals surface area contributed by atoms with Crippen molar-refractivity contribution in [2.24, 2.45) is 0 Å². The van der Waals surface area contributed by atoms with Crippen LogP contribution >= 0.6 is 23.1 Å². The van der Waals surface area contributed by atoms with Crippen LogP contribution < -0.4 is 5.32 Å². The van der Waals surface area contributed by atoms with Crippen molar-refractivity contribution in [3.63, 3.8) is 0 Å². The van der Waals surface area contributed by atoms with Crippen LogP contribution in [-0.2, 0) is 23.4 Å². The van der Waals surface area contributed by atoms with Crippen LogP contribution in [0.1, 0.15) is 36.6 Å². The van der Waals surface area contributed by atoms with Crippen LogP contribution in [-0.4, -0.2) is 10.9 Å². The Morgan fingerprint density at radius 1 is 1.18 bits per heavy atom. The summed E-state index contributed by atoms with van der Waals surface area (Å²) in [7, 11) is 0. The molecule has 3 rings (SSSR count). The third kappa shape index (κ3) is 6.17. The molecule has 1 N–H and O–H groups in total. The molecule has 2 aromatic carbocycles. The summed E-state index contributed by atoms with van der Waals surface area (Å²) < 4.78 is 14.5. The summed E-state index contributed by atoms with van der Waals surface area (Å²) in [5.41, 5.74) is 3.48. The second kappa shape index (κ2) is 10.4. The Hall–Kier alpha value is -2.18. The summed E-state index contributed by atoms with van der Waals surface area (Å²) in [4.78, 5) is 16.8. The summed E-state index contributed by atoms with van der Waals surface area (Å²) in [6.07, 6.45) is 3.64. The Labute approximate surface area is 173 Å². The maximum atomic E-state index is 13.7. The van der Waals surface area contributed by atoms with Gasteiger partial charge in [0, 0.05) is 16.8 Å². The van der Waals surface area contributed by atoms with Crippen LogP contribution in [0.3, 0.4) is 0 Å². The van der Waals surface area contributed by atoms with Gasteiger partial charge in [-0.05, 0) is 42.2 Å². The molecule has 1 aromatic heterocycles. The summed E-state index contributed by atoms with van der Waals surface area (Å²) in [6.45, 7) is 2.18. The molecular formula is C22H23FN2OS2. The largest absolute Gasteiger partial charge is 0.326 e. The highest BCUT2D eigenvalue weighted by Gasteiger charge is 2.10. The van der Waals surface area contributed by atoms with E-state index in [2.05, 4.69) is 29.4 Å². The minimum atomic E-state index is -0.202. The molecule has 0 aliphatic rings. The molecule has 146 valence electrons. The third-order valence-electron chi connectivity index (χ3n) is 4.24. The fourth-order valence-corrected chi connectivity index (χ4v) is 4.53. The number of benzene rings is 2. The molecule has 0 fully saturated rings. The molecule has 0 spiro atoms. The zero-order chi connectivity index (χ0) is 19.8. The summed E-state index contributed by atoms with van der Waals surface area (Å²) in [5.74, 6) is 0.236. The average Bonchev–Trinajstić information content (AvgIpc) is 3.14. The van der Waals surface area contributed by atoms with E-state index < -0.39 is 0 Å². The minimum absolute atomic E-state index is 0.0859. The molecule has 0 saturated heterocycles. The molecule has 6 heteroatoms. The smallest absolute Gasteiger partial charge is 0.230 e. The number of halogens is 1. The number of carbonyl (C=O) groups excluding carboxylic acids is 1. The second-order valence-corrected chi connectivity index (χ2v) is 8.59. The zero-order valence-corrected chi connectivity index (χ0v) is 17.4. The maximum absolute atomic E-state index is 13.7. The van der Waals surface area contributed by atoms with Crippen molar-refractivity contribution in [3.05, 3.63) is 76.5 Å². The van der Waals surface area contributed by atoms with E-state index in [1.807, 2.05) is 23.6 Å². The van der Waals surface area contributed by atoms with Crippen LogP contribution in [0.25, 0.3) is 0 Å². The number of aromatic nitrogens is 1. The lowest BCUT2D eigenvalue weighted by Crippen LogP contribution is -2.14. The first-order valence-electron chi connectivity index (χ1n) is 9.33. The first-order valence-corrected chi connectivity index (χ1v) is 11.2. The number of carbonyl (C=O) groups is 1. The second-order valence-electron chi connectivity index (χ2n) is 6.51. The van der Waals surface area contributed by atoms with E-state index in [1.165, 1.54) is 47.6 Å². The Kier molecular flexibility index (Phi) is 7.62. The average molecular weight is 415 g/mol. The van der Waals surface area contributed by atoms with Crippen molar-refractivity contribution in [1.82, 2.24) is 4.98 Å². The highest BCUT2D eigenvalue weighted by atomic mass is 32.2. The molecule has 1 heterocycles. The summed E-state index contributed by atoms with van der Waals surface area (Å²) >= 11 is 2.97. The quantitative estimate of drug-likeness (QED) is 0.430. The maximum Gasteiger partial charge on any atom is 0.230 e. The normalized spacial score (nSPS) is 10.8. The zero-order valence-electron chi connectivity index (χ0n) is 15.8. The Morgan fingerprint density at radius 2 is 1.96 bits per heavy atom. The van der Waals surface area contributed by atoms with Gasteiger partial charge >= 0.3 is 0 Å². The number of aryl methyl sites for hydroxylation is 1. The van der Waals surface area contributed by atoms with Crippen LogP contribution in [0.5, 0.6) is 0 Å². The van der Waals surface area contributed by atoms with Crippen molar-refractivity contribution in [2.75, 3.05) is 5.32 Å².